The molecule has 1 fully saturated rings. The van der Waals surface area contributed by atoms with Crippen LogP contribution in [0.25, 0.3) is 10.9 Å². The molecule has 0 N–H and O–H groups in total. The number of hydrogen-bond donors (Lipinski definition) is 0. The molecular weight excluding hydrogens is 256 g/mol. The molecule has 1 aromatic heterocycles. The molecule has 5 nitrogen and oxygen atoms in total. The predicted molar refractivity (Wildman–Crippen MR) is 75.6 cm³/mol. The summed E-state index contributed by atoms with van der Waals surface area (Å²) < 4.78 is 2.04. The second kappa shape index (κ2) is 4.30. The standard InChI is InChI=1S/C15H14N2O3/c1-11(18)4-6-15(7-8-15)16-9-5-12-2-3-13(17(19)20)10-14(12)16/h2-6,9-10H,7-8H2,1H3/b6-4+. The zero-order chi connectivity index (χ0) is 14.3. The van der Waals surface area contributed by atoms with Crippen LogP contribution in [0.3, 0.4) is 0 Å². The largest absolute Gasteiger partial charge is 0.338 e. The zero-order valence-corrected chi connectivity index (χ0v) is 11.1. The van der Waals surface area contributed by atoms with Crippen LogP contribution in [0.4, 0.5) is 5.69 Å². The lowest BCUT2D eigenvalue weighted by Gasteiger charge is -2.14. The Morgan fingerprint density at radius 2 is 2.15 bits per heavy atom. The summed E-state index contributed by atoms with van der Waals surface area (Å²) in [6, 6.07) is 6.81. The number of allylic oxidation sites excluding steroid dienone is 2. The maximum Gasteiger partial charge on any atom is 0.271 e. The molecule has 0 bridgehead atoms. The number of ketones is 1. The molecule has 0 saturated heterocycles. The second-order valence-electron chi connectivity index (χ2n) is 5.23. The number of fused-ring (bicyclic) bond motifs is 1. The van der Waals surface area contributed by atoms with Crippen LogP contribution < -0.4 is 0 Å². The predicted octanol–water partition coefficient (Wildman–Crippen LogP) is 3.18. The maximum absolute atomic E-state index is 11.1. The minimum absolute atomic E-state index is 0.0127. The molecule has 20 heavy (non-hydrogen) atoms. The first-order valence-corrected chi connectivity index (χ1v) is 6.48. The molecule has 0 aliphatic heterocycles. The van der Waals surface area contributed by atoms with Crippen molar-refractivity contribution in [3.63, 3.8) is 0 Å². The van der Waals surface area contributed by atoms with Gasteiger partial charge in [0.1, 0.15) is 0 Å². The second-order valence-corrected chi connectivity index (χ2v) is 5.23. The topological polar surface area (TPSA) is 65.1 Å². The van der Waals surface area contributed by atoms with Crippen LogP contribution in [0.2, 0.25) is 0 Å². The van der Waals surface area contributed by atoms with E-state index in [1.165, 1.54) is 13.0 Å². The van der Waals surface area contributed by atoms with Crippen LogP contribution in [-0.2, 0) is 10.3 Å². The molecule has 102 valence electrons. The third kappa shape index (κ3) is 2.01. The Balaban J connectivity index is 2.10. The highest BCUT2D eigenvalue weighted by Gasteiger charge is 2.42. The van der Waals surface area contributed by atoms with E-state index in [4.69, 9.17) is 0 Å². The van der Waals surface area contributed by atoms with Crippen molar-refractivity contribution in [3.05, 3.63) is 52.7 Å². The summed E-state index contributed by atoms with van der Waals surface area (Å²) in [5, 5.41) is 11.9. The Morgan fingerprint density at radius 1 is 1.40 bits per heavy atom. The van der Waals surface area contributed by atoms with Gasteiger partial charge in [-0.25, -0.2) is 0 Å². The van der Waals surface area contributed by atoms with Gasteiger partial charge in [-0.15, -0.1) is 0 Å². The number of non-ortho nitro benzene ring substituents is 1. The summed E-state index contributed by atoms with van der Waals surface area (Å²) in [5.74, 6) is 0.0127. The van der Waals surface area contributed by atoms with Crippen molar-refractivity contribution >= 4 is 22.4 Å². The first-order chi connectivity index (χ1) is 9.52. The Kier molecular flexibility index (Phi) is 2.71. The van der Waals surface area contributed by atoms with E-state index in [2.05, 4.69) is 0 Å². The van der Waals surface area contributed by atoms with E-state index < -0.39 is 0 Å². The van der Waals surface area contributed by atoms with Gasteiger partial charge in [-0.3, -0.25) is 14.9 Å². The summed E-state index contributed by atoms with van der Waals surface area (Å²) in [5.41, 5.74) is 0.733. The minimum atomic E-state index is -0.387. The van der Waals surface area contributed by atoms with E-state index in [1.807, 2.05) is 22.9 Å². The fraction of sp³-hybridized carbons (Fsp3) is 0.267. The number of nitro groups is 1. The lowest BCUT2D eigenvalue weighted by atomic mass is 10.2. The summed E-state index contributed by atoms with van der Waals surface area (Å²) in [6.45, 7) is 1.52. The SMILES string of the molecule is CC(=O)/C=C/C1(n2ccc3ccc([N+](=O)[O-])cc32)CC1. The third-order valence-corrected chi connectivity index (χ3v) is 3.76. The van der Waals surface area contributed by atoms with Gasteiger partial charge in [0.2, 0.25) is 0 Å². The first kappa shape index (κ1) is 12.6. The van der Waals surface area contributed by atoms with E-state index in [1.54, 1.807) is 18.2 Å². The van der Waals surface area contributed by atoms with E-state index in [9.17, 15) is 14.9 Å². The molecule has 0 radical (unpaired) electrons. The molecule has 0 amide bonds. The van der Waals surface area contributed by atoms with Crippen molar-refractivity contribution in [1.29, 1.82) is 0 Å². The number of benzene rings is 1. The van der Waals surface area contributed by atoms with Crippen molar-refractivity contribution in [2.24, 2.45) is 0 Å². The zero-order valence-electron chi connectivity index (χ0n) is 11.1. The van der Waals surface area contributed by atoms with Crippen molar-refractivity contribution in [3.8, 4) is 0 Å². The van der Waals surface area contributed by atoms with Gasteiger partial charge in [0.05, 0.1) is 16.0 Å². The molecule has 2 aromatic rings. The van der Waals surface area contributed by atoms with Crippen LogP contribution in [0.1, 0.15) is 19.8 Å². The molecule has 1 saturated carbocycles. The molecule has 1 aliphatic carbocycles. The summed E-state index contributed by atoms with van der Waals surface area (Å²) in [4.78, 5) is 21.6. The van der Waals surface area contributed by atoms with E-state index >= 15 is 0 Å². The fourth-order valence-electron chi connectivity index (χ4n) is 2.51. The Morgan fingerprint density at radius 3 is 2.75 bits per heavy atom. The lowest BCUT2D eigenvalue weighted by Crippen LogP contribution is -2.13. The van der Waals surface area contributed by atoms with Gasteiger partial charge in [0.15, 0.2) is 5.78 Å². The monoisotopic (exact) mass is 270 g/mol. The lowest BCUT2D eigenvalue weighted by molar-refractivity contribution is -0.384. The van der Waals surface area contributed by atoms with Crippen LogP contribution in [0.15, 0.2) is 42.6 Å². The van der Waals surface area contributed by atoms with Gasteiger partial charge < -0.3 is 4.57 Å². The minimum Gasteiger partial charge on any atom is -0.338 e. The summed E-state index contributed by atoms with van der Waals surface area (Å²) >= 11 is 0. The quantitative estimate of drug-likeness (QED) is 0.487. The molecule has 5 heteroatoms. The number of nitrogens with zero attached hydrogens (tertiary/aromatic N) is 2. The Bertz CT molecular complexity index is 739. The van der Waals surface area contributed by atoms with Crippen LogP contribution in [-0.4, -0.2) is 15.3 Å². The number of hydrogen-bond acceptors (Lipinski definition) is 3. The normalized spacial score (nSPS) is 16.6. The van der Waals surface area contributed by atoms with Crippen LogP contribution in [0.5, 0.6) is 0 Å². The molecule has 0 atom stereocenters. The first-order valence-electron chi connectivity index (χ1n) is 6.48. The van der Waals surface area contributed by atoms with Crippen molar-refractivity contribution in [1.82, 2.24) is 4.57 Å². The van der Waals surface area contributed by atoms with E-state index in [-0.39, 0.29) is 21.9 Å². The van der Waals surface area contributed by atoms with Gasteiger partial charge in [0.25, 0.3) is 5.69 Å². The molecule has 0 unspecified atom stereocenters. The summed E-state index contributed by atoms with van der Waals surface area (Å²) in [7, 11) is 0. The highest BCUT2D eigenvalue weighted by molar-refractivity contribution is 5.87. The molecule has 0 spiro atoms. The molecule has 1 aromatic carbocycles. The number of rotatable bonds is 4. The van der Waals surface area contributed by atoms with Gasteiger partial charge in [0, 0.05) is 23.7 Å². The average Bonchev–Trinajstić information content (AvgIpc) is 3.07. The van der Waals surface area contributed by atoms with Gasteiger partial charge >= 0.3 is 0 Å². The van der Waals surface area contributed by atoms with Crippen LogP contribution in [0, 0.1) is 10.1 Å². The van der Waals surface area contributed by atoms with E-state index in [0.29, 0.717) is 0 Å². The van der Waals surface area contributed by atoms with Gasteiger partial charge in [-0.05, 0) is 38.0 Å². The van der Waals surface area contributed by atoms with Crippen molar-refractivity contribution in [2.75, 3.05) is 0 Å². The van der Waals surface area contributed by atoms with Crippen LogP contribution >= 0.6 is 0 Å². The summed E-state index contributed by atoms with van der Waals surface area (Å²) in [6.07, 6.45) is 7.32. The Labute approximate surface area is 115 Å². The molecule has 1 aliphatic rings. The average molecular weight is 270 g/mol. The number of carbonyl (C=O) groups excluding carboxylic acids is 1. The maximum atomic E-state index is 11.1. The van der Waals surface area contributed by atoms with Crippen molar-refractivity contribution in [2.45, 2.75) is 25.3 Å². The number of carbonyl (C=O) groups is 1. The molecular formula is C15H14N2O3. The highest BCUT2D eigenvalue weighted by Crippen LogP contribution is 2.47. The fourth-order valence-corrected chi connectivity index (χ4v) is 2.51. The van der Waals surface area contributed by atoms with E-state index in [0.717, 1.165) is 23.7 Å². The number of aromatic nitrogens is 1. The third-order valence-electron chi connectivity index (χ3n) is 3.76. The van der Waals surface area contributed by atoms with Gasteiger partial charge in [-0.1, -0.05) is 6.08 Å². The Hall–Kier alpha value is -2.43. The molecule has 1 heterocycles. The smallest absolute Gasteiger partial charge is 0.271 e. The highest BCUT2D eigenvalue weighted by atomic mass is 16.6. The number of nitro benzene ring substituents is 1. The van der Waals surface area contributed by atoms with Gasteiger partial charge in [-0.2, -0.15) is 0 Å². The molecule has 3 rings (SSSR count). The van der Waals surface area contributed by atoms with Crippen molar-refractivity contribution < 1.29 is 9.72 Å².